The summed E-state index contributed by atoms with van der Waals surface area (Å²) in [6.07, 6.45) is 1.91. The number of nitriles is 1. The lowest BCUT2D eigenvalue weighted by Gasteiger charge is -2.10. The second-order valence-electron chi connectivity index (χ2n) is 4.07. The van der Waals surface area contributed by atoms with Gasteiger partial charge in [-0.05, 0) is 36.6 Å². The van der Waals surface area contributed by atoms with Gasteiger partial charge in [0, 0.05) is 10.6 Å². The van der Waals surface area contributed by atoms with Gasteiger partial charge in [-0.3, -0.25) is 4.79 Å². The first-order chi connectivity index (χ1) is 9.65. The van der Waals surface area contributed by atoms with Crippen LogP contribution in [0.4, 0.5) is 11.4 Å². The summed E-state index contributed by atoms with van der Waals surface area (Å²) in [7, 11) is 0. The van der Waals surface area contributed by atoms with Crippen molar-refractivity contribution in [2.75, 3.05) is 17.3 Å². The van der Waals surface area contributed by atoms with E-state index in [1.54, 1.807) is 18.2 Å². The van der Waals surface area contributed by atoms with E-state index in [0.29, 0.717) is 22.5 Å². The van der Waals surface area contributed by atoms with Gasteiger partial charge in [-0.15, -0.1) is 11.8 Å². The summed E-state index contributed by atoms with van der Waals surface area (Å²) >= 11 is 1.50. The number of benzene rings is 2. The molecular formula is C15H13N3OS. The summed E-state index contributed by atoms with van der Waals surface area (Å²) in [4.78, 5) is 13.2. The molecule has 0 radical (unpaired) electrons. The van der Waals surface area contributed by atoms with E-state index in [-0.39, 0.29) is 5.91 Å². The normalized spacial score (nSPS) is 9.80. The number of nitrogens with zero attached hydrogens (tertiary/aromatic N) is 1. The fourth-order valence-corrected chi connectivity index (χ4v) is 2.38. The van der Waals surface area contributed by atoms with Crippen LogP contribution in [0.25, 0.3) is 0 Å². The predicted molar refractivity (Wildman–Crippen MR) is 81.7 cm³/mol. The minimum absolute atomic E-state index is 0.240. The van der Waals surface area contributed by atoms with Crippen molar-refractivity contribution in [3.63, 3.8) is 0 Å². The quantitative estimate of drug-likeness (QED) is 0.670. The van der Waals surface area contributed by atoms with Crippen molar-refractivity contribution in [2.24, 2.45) is 0 Å². The van der Waals surface area contributed by atoms with Gasteiger partial charge in [0.1, 0.15) is 6.07 Å². The molecule has 0 heterocycles. The number of thioether (sulfide) groups is 1. The van der Waals surface area contributed by atoms with Crippen LogP contribution in [0, 0.1) is 11.3 Å². The molecule has 5 heteroatoms. The Morgan fingerprint density at radius 2 is 2.05 bits per heavy atom. The molecule has 2 aromatic carbocycles. The topological polar surface area (TPSA) is 78.9 Å². The van der Waals surface area contributed by atoms with E-state index in [2.05, 4.69) is 5.32 Å². The van der Waals surface area contributed by atoms with E-state index < -0.39 is 0 Å². The number of nitrogens with two attached hydrogens (primary N) is 1. The molecule has 4 nitrogen and oxygen atoms in total. The highest BCUT2D eigenvalue weighted by Gasteiger charge is 2.12. The summed E-state index contributed by atoms with van der Waals surface area (Å²) in [5.41, 5.74) is 7.51. The van der Waals surface area contributed by atoms with E-state index in [9.17, 15) is 4.79 Å². The smallest absolute Gasteiger partial charge is 0.256 e. The van der Waals surface area contributed by atoms with Gasteiger partial charge >= 0.3 is 0 Å². The fourth-order valence-electron chi connectivity index (χ4n) is 1.79. The summed E-state index contributed by atoms with van der Waals surface area (Å²) in [5, 5.41) is 11.8. The molecule has 100 valence electrons. The van der Waals surface area contributed by atoms with E-state index in [1.165, 1.54) is 17.8 Å². The van der Waals surface area contributed by atoms with Crippen LogP contribution >= 0.6 is 11.8 Å². The number of nitrogens with one attached hydrogen (secondary N) is 1. The number of hydrogen-bond acceptors (Lipinski definition) is 4. The maximum atomic E-state index is 12.3. The Morgan fingerprint density at radius 1 is 1.30 bits per heavy atom. The van der Waals surface area contributed by atoms with Crippen LogP contribution in [0.3, 0.4) is 0 Å². The van der Waals surface area contributed by atoms with Gasteiger partial charge in [0.15, 0.2) is 0 Å². The Morgan fingerprint density at radius 3 is 2.75 bits per heavy atom. The molecule has 0 aliphatic rings. The number of amides is 1. The number of carbonyl (C=O) groups excluding carboxylic acids is 1. The minimum atomic E-state index is -0.240. The monoisotopic (exact) mass is 283 g/mol. The maximum absolute atomic E-state index is 12.3. The Bertz CT molecular complexity index is 692. The number of carbonyl (C=O) groups is 1. The first-order valence-electron chi connectivity index (χ1n) is 5.89. The van der Waals surface area contributed by atoms with Gasteiger partial charge in [0.2, 0.25) is 0 Å². The largest absolute Gasteiger partial charge is 0.399 e. The third kappa shape index (κ3) is 2.92. The summed E-state index contributed by atoms with van der Waals surface area (Å²) in [5.74, 6) is -0.240. The molecule has 0 spiro atoms. The van der Waals surface area contributed by atoms with Crippen LogP contribution in [-0.4, -0.2) is 12.2 Å². The highest BCUT2D eigenvalue weighted by molar-refractivity contribution is 7.98. The molecule has 0 saturated heterocycles. The molecule has 0 aromatic heterocycles. The van der Waals surface area contributed by atoms with Gasteiger partial charge in [0.25, 0.3) is 5.91 Å². The molecule has 0 aliphatic heterocycles. The molecule has 2 rings (SSSR count). The van der Waals surface area contributed by atoms with Crippen LogP contribution in [0.1, 0.15) is 15.9 Å². The molecule has 0 bridgehead atoms. The second-order valence-corrected chi connectivity index (χ2v) is 4.92. The molecule has 0 unspecified atom stereocenters. The van der Waals surface area contributed by atoms with Crippen molar-refractivity contribution in [1.29, 1.82) is 5.26 Å². The van der Waals surface area contributed by atoms with Crippen LogP contribution < -0.4 is 11.1 Å². The van der Waals surface area contributed by atoms with E-state index in [4.69, 9.17) is 11.0 Å². The number of rotatable bonds is 3. The SMILES string of the molecule is CSc1ccccc1C(=O)Nc1ccc(N)cc1C#N. The van der Waals surface area contributed by atoms with Gasteiger partial charge < -0.3 is 11.1 Å². The summed E-state index contributed by atoms with van der Waals surface area (Å²) in [6, 6.07) is 14.2. The van der Waals surface area contributed by atoms with Gasteiger partial charge in [-0.1, -0.05) is 12.1 Å². The molecular weight excluding hydrogens is 270 g/mol. The van der Waals surface area contributed by atoms with Crippen LogP contribution in [0.5, 0.6) is 0 Å². The first-order valence-corrected chi connectivity index (χ1v) is 7.12. The van der Waals surface area contributed by atoms with Crippen molar-refractivity contribution in [3.05, 3.63) is 53.6 Å². The van der Waals surface area contributed by atoms with Gasteiger partial charge in [-0.2, -0.15) is 5.26 Å². The molecule has 0 atom stereocenters. The van der Waals surface area contributed by atoms with Crippen LogP contribution in [0.15, 0.2) is 47.4 Å². The van der Waals surface area contributed by atoms with Crippen molar-refractivity contribution in [3.8, 4) is 6.07 Å². The Kier molecular flexibility index (Phi) is 4.28. The fraction of sp³-hybridized carbons (Fsp3) is 0.0667. The standard InChI is InChI=1S/C15H13N3OS/c1-20-14-5-3-2-4-12(14)15(19)18-13-7-6-11(17)8-10(13)9-16/h2-8H,17H2,1H3,(H,18,19). The van der Waals surface area contributed by atoms with Gasteiger partial charge in [-0.25, -0.2) is 0 Å². The Balaban J connectivity index is 2.31. The number of anilines is 2. The third-order valence-electron chi connectivity index (χ3n) is 2.76. The molecule has 0 fully saturated rings. The van der Waals surface area contributed by atoms with E-state index in [1.807, 2.05) is 30.5 Å². The van der Waals surface area contributed by atoms with E-state index in [0.717, 1.165) is 4.90 Å². The molecule has 2 aromatic rings. The lowest BCUT2D eigenvalue weighted by atomic mass is 10.1. The molecule has 1 amide bonds. The van der Waals surface area contributed by atoms with Crippen molar-refractivity contribution in [1.82, 2.24) is 0 Å². The van der Waals surface area contributed by atoms with Crippen molar-refractivity contribution < 1.29 is 4.79 Å². The maximum Gasteiger partial charge on any atom is 0.256 e. The predicted octanol–water partition coefficient (Wildman–Crippen LogP) is 3.11. The lowest BCUT2D eigenvalue weighted by Crippen LogP contribution is -2.14. The zero-order chi connectivity index (χ0) is 14.5. The molecule has 20 heavy (non-hydrogen) atoms. The van der Waals surface area contributed by atoms with E-state index >= 15 is 0 Å². The zero-order valence-electron chi connectivity index (χ0n) is 10.9. The number of hydrogen-bond donors (Lipinski definition) is 2. The number of nitrogen functional groups attached to an aromatic ring is 1. The molecule has 0 saturated carbocycles. The van der Waals surface area contributed by atoms with Crippen LogP contribution in [-0.2, 0) is 0 Å². The minimum Gasteiger partial charge on any atom is -0.399 e. The average molecular weight is 283 g/mol. The average Bonchev–Trinajstić information content (AvgIpc) is 2.48. The highest BCUT2D eigenvalue weighted by Crippen LogP contribution is 2.23. The lowest BCUT2D eigenvalue weighted by molar-refractivity contribution is 0.102. The Labute approximate surface area is 121 Å². The zero-order valence-corrected chi connectivity index (χ0v) is 11.7. The highest BCUT2D eigenvalue weighted by atomic mass is 32.2. The summed E-state index contributed by atoms with van der Waals surface area (Å²) in [6.45, 7) is 0. The first kappa shape index (κ1) is 14.0. The molecule has 3 N–H and O–H groups in total. The molecule has 0 aliphatic carbocycles. The van der Waals surface area contributed by atoms with Gasteiger partial charge in [0.05, 0.1) is 16.8 Å². The third-order valence-corrected chi connectivity index (χ3v) is 3.56. The van der Waals surface area contributed by atoms with Crippen LogP contribution in [0.2, 0.25) is 0 Å². The second kappa shape index (κ2) is 6.13. The van der Waals surface area contributed by atoms with Crippen molar-refractivity contribution >= 4 is 29.0 Å². The Hall–Kier alpha value is -2.45. The summed E-state index contributed by atoms with van der Waals surface area (Å²) < 4.78 is 0. The van der Waals surface area contributed by atoms with Crippen molar-refractivity contribution in [2.45, 2.75) is 4.90 Å².